The molecule has 0 radical (unpaired) electrons. The zero-order chi connectivity index (χ0) is 18.1. The topological polar surface area (TPSA) is 38.7 Å². The van der Waals surface area contributed by atoms with Gasteiger partial charge in [0.2, 0.25) is 0 Å². The third kappa shape index (κ3) is 2.71. The lowest BCUT2D eigenvalue weighted by Gasteiger charge is -2.36. The molecule has 1 heterocycles. The number of hydrogen-bond acceptors (Lipinski definition) is 3. The Morgan fingerprint density at radius 3 is 3.00 bits per heavy atom. The highest BCUT2D eigenvalue weighted by Gasteiger charge is 2.51. The quantitative estimate of drug-likeness (QED) is 0.609. The molecule has 1 N–H and O–H groups in total. The van der Waals surface area contributed by atoms with Gasteiger partial charge in [-0.05, 0) is 37.3 Å². The van der Waals surface area contributed by atoms with Crippen LogP contribution in [0.5, 0.6) is 11.5 Å². The van der Waals surface area contributed by atoms with Crippen LogP contribution >= 0.6 is 0 Å². The predicted molar refractivity (Wildman–Crippen MR) is 104 cm³/mol. The Morgan fingerprint density at radius 1 is 1.31 bits per heavy atom. The first-order chi connectivity index (χ1) is 12.7. The van der Waals surface area contributed by atoms with Gasteiger partial charge in [0.25, 0.3) is 0 Å². The summed E-state index contributed by atoms with van der Waals surface area (Å²) < 4.78 is 12.0. The van der Waals surface area contributed by atoms with Crippen molar-refractivity contribution in [2.24, 2.45) is 0 Å². The molecule has 3 nitrogen and oxygen atoms in total. The Bertz CT molecular complexity index is 789. The molecule has 0 saturated carbocycles. The predicted octanol–water partition coefficient (Wildman–Crippen LogP) is 5.06. The average molecular weight is 350 g/mol. The number of aliphatic hydroxyl groups is 1. The highest BCUT2D eigenvalue weighted by atomic mass is 16.5. The monoisotopic (exact) mass is 350 g/mol. The van der Waals surface area contributed by atoms with Gasteiger partial charge in [-0.3, -0.25) is 0 Å². The maximum Gasteiger partial charge on any atom is 0.168 e. The van der Waals surface area contributed by atoms with Gasteiger partial charge in [0.1, 0.15) is 6.10 Å². The van der Waals surface area contributed by atoms with E-state index in [1.807, 2.05) is 18.2 Å². The molecule has 136 valence electrons. The second kappa shape index (κ2) is 6.81. The van der Waals surface area contributed by atoms with Crippen molar-refractivity contribution in [1.29, 1.82) is 0 Å². The van der Waals surface area contributed by atoms with E-state index in [-0.39, 0.29) is 11.5 Å². The average Bonchev–Trinajstić information content (AvgIpc) is 2.98. The summed E-state index contributed by atoms with van der Waals surface area (Å²) in [6, 6.07) is 4.08. The fourth-order valence-electron chi connectivity index (χ4n) is 4.69. The first kappa shape index (κ1) is 17.2. The molecular formula is C23H26O3. The minimum absolute atomic E-state index is 0.0554. The molecule has 3 atom stereocenters. The van der Waals surface area contributed by atoms with Gasteiger partial charge in [-0.15, -0.1) is 6.58 Å². The molecule has 3 aliphatic rings. The van der Waals surface area contributed by atoms with Crippen molar-refractivity contribution in [3.8, 4) is 11.5 Å². The molecule has 1 spiro atoms. The summed E-state index contributed by atoms with van der Waals surface area (Å²) in [5.41, 5.74) is 3.61. The normalized spacial score (nSPS) is 31.2. The summed E-state index contributed by atoms with van der Waals surface area (Å²) >= 11 is 0. The first-order valence-corrected chi connectivity index (χ1v) is 9.47. The molecule has 0 aromatic heterocycles. The molecule has 26 heavy (non-hydrogen) atoms. The fourth-order valence-corrected chi connectivity index (χ4v) is 4.69. The van der Waals surface area contributed by atoms with E-state index in [4.69, 9.17) is 9.47 Å². The standard InChI is InChI=1S/C23H26O3/c1-3-7-16-8-5-6-12-23-13-11-18(24)15-20(23)26-22-19(25-4-2)10-9-17(14-16)21(22)23/h3-4,9-11,13-14,18,20,24H,1-2,5-8,12,15H2/b16-14+/t18-,20-,23+/m0/s1. The van der Waals surface area contributed by atoms with Crippen molar-refractivity contribution >= 4 is 6.08 Å². The van der Waals surface area contributed by atoms with E-state index >= 15 is 0 Å². The molecular weight excluding hydrogens is 324 g/mol. The van der Waals surface area contributed by atoms with E-state index in [0.717, 1.165) is 37.9 Å². The van der Waals surface area contributed by atoms with Crippen molar-refractivity contribution in [1.82, 2.24) is 0 Å². The zero-order valence-corrected chi connectivity index (χ0v) is 15.1. The lowest BCUT2D eigenvalue weighted by molar-refractivity contribution is 0.0840. The van der Waals surface area contributed by atoms with Gasteiger partial charge in [0.05, 0.1) is 17.8 Å². The molecule has 0 fully saturated rings. The highest BCUT2D eigenvalue weighted by Crippen LogP contribution is 2.56. The number of allylic oxidation sites excluding steroid dienone is 2. The summed E-state index contributed by atoms with van der Waals surface area (Å²) in [4.78, 5) is 0. The van der Waals surface area contributed by atoms with Crippen molar-refractivity contribution in [3.63, 3.8) is 0 Å². The van der Waals surface area contributed by atoms with E-state index in [1.165, 1.54) is 23.0 Å². The largest absolute Gasteiger partial charge is 0.485 e. The van der Waals surface area contributed by atoms with Crippen LogP contribution in [-0.4, -0.2) is 17.3 Å². The Morgan fingerprint density at radius 2 is 2.19 bits per heavy atom. The van der Waals surface area contributed by atoms with E-state index in [2.05, 4.69) is 31.4 Å². The molecule has 1 aromatic rings. The van der Waals surface area contributed by atoms with E-state index < -0.39 is 6.10 Å². The minimum Gasteiger partial charge on any atom is -0.485 e. The number of benzene rings is 1. The molecule has 2 aliphatic carbocycles. The third-order valence-corrected chi connectivity index (χ3v) is 5.84. The number of hydrogen-bond donors (Lipinski definition) is 1. The summed E-state index contributed by atoms with van der Waals surface area (Å²) in [5.74, 6) is 1.51. The molecule has 0 saturated heterocycles. The van der Waals surface area contributed by atoms with Gasteiger partial charge < -0.3 is 14.6 Å². The molecule has 3 heteroatoms. The van der Waals surface area contributed by atoms with Crippen molar-refractivity contribution in [2.45, 2.75) is 56.1 Å². The maximum absolute atomic E-state index is 10.2. The van der Waals surface area contributed by atoms with E-state index in [1.54, 1.807) is 0 Å². The summed E-state index contributed by atoms with van der Waals surface area (Å²) in [6.07, 6.45) is 15.3. The molecule has 0 amide bonds. The number of rotatable bonds is 4. The second-order valence-electron chi connectivity index (χ2n) is 7.45. The minimum atomic E-state index is -0.452. The SMILES string of the molecule is C=CC/C1=C\c2ccc(OC=C)c3c2[C@@]2(C=C[C@H](O)C[C@@H]2O3)CCCC1. The Balaban J connectivity index is 1.94. The van der Waals surface area contributed by atoms with Crippen LogP contribution in [0.4, 0.5) is 0 Å². The third-order valence-electron chi connectivity index (χ3n) is 5.84. The lowest BCUT2D eigenvalue weighted by Crippen LogP contribution is -2.42. The molecule has 0 unspecified atom stereocenters. The van der Waals surface area contributed by atoms with Crippen LogP contribution in [0.3, 0.4) is 0 Å². The first-order valence-electron chi connectivity index (χ1n) is 9.47. The molecule has 1 aromatic carbocycles. The number of aliphatic hydroxyl groups excluding tert-OH is 1. The smallest absolute Gasteiger partial charge is 0.168 e. The molecule has 4 rings (SSSR count). The summed E-state index contributed by atoms with van der Waals surface area (Å²) in [5, 5.41) is 10.2. The highest BCUT2D eigenvalue weighted by molar-refractivity contribution is 5.70. The van der Waals surface area contributed by atoms with E-state index in [0.29, 0.717) is 12.2 Å². The Hall–Kier alpha value is -2.26. The lowest BCUT2D eigenvalue weighted by atomic mass is 9.68. The van der Waals surface area contributed by atoms with Gasteiger partial charge in [-0.25, -0.2) is 0 Å². The van der Waals surface area contributed by atoms with Crippen LogP contribution < -0.4 is 9.47 Å². The Labute approximate surface area is 155 Å². The van der Waals surface area contributed by atoms with Gasteiger partial charge in [0, 0.05) is 12.0 Å². The molecule has 0 bridgehead atoms. The van der Waals surface area contributed by atoms with Crippen LogP contribution in [0.2, 0.25) is 0 Å². The fraction of sp³-hybridized carbons (Fsp3) is 0.391. The summed E-state index contributed by atoms with van der Waals surface area (Å²) in [7, 11) is 0. The van der Waals surface area contributed by atoms with Gasteiger partial charge in [-0.1, -0.05) is 48.9 Å². The second-order valence-corrected chi connectivity index (χ2v) is 7.45. The molecule has 1 aliphatic heterocycles. The summed E-state index contributed by atoms with van der Waals surface area (Å²) in [6.45, 7) is 7.60. The van der Waals surface area contributed by atoms with Crippen LogP contribution in [0, 0.1) is 0 Å². The zero-order valence-electron chi connectivity index (χ0n) is 15.1. The maximum atomic E-state index is 10.2. The number of ether oxygens (including phenoxy) is 2. The van der Waals surface area contributed by atoms with Crippen LogP contribution in [0.25, 0.3) is 6.08 Å². The van der Waals surface area contributed by atoms with Crippen molar-refractivity contribution < 1.29 is 14.6 Å². The van der Waals surface area contributed by atoms with Gasteiger partial charge >= 0.3 is 0 Å². The van der Waals surface area contributed by atoms with Crippen molar-refractivity contribution in [3.05, 3.63) is 66.5 Å². The van der Waals surface area contributed by atoms with Crippen molar-refractivity contribution in [2.75, 3.05) is 0 Å². The van der Waals surface area contributed by atoms with Crippen LogP contribution in [-0.2, 0) is 5.41 Å². The van der Waals surface area contributed by atoms with Gasteiger partial charge in [-0.2, -0.15) is 0 Å². The Kier molecular flexibility index (Phi) is 4.49. The van der Waals surface area contributed by atoms with Gasteiger partial charge in [0.15, 0.2) is 11.5 Å². The van der Waals surface area contributed by atoms with E-state index in [9.17, 15) is 5.11 Å². The van der Waals surface area contributed by atoms with Crippen LogP contribution in [0.15, 0.2) is 55.4 Å². The van der Waals surface area contributed by atoms with Crippen LogP contribution in [0.1, 0.15) is 49.7 Å².